The van der Waals surface area contributed by atoms with Gasteiger partial charge in [-0.15, -0.1) is 0 Å². The van der Waals surface area contributed by atoms with Crippen molar-refractivity contribution >= 4 is 22.0 Å². The molecule has 0 atom stereocenters. The molecule has 4 nitrogen and oxygen atoms in total. The molecule has 1 aliphatic carbocycles. The fourth-order valence-corrected chi connectivity index (χ4v) is 3.31. The summed E-state index contributed by atoms with van der Waals surface area (Å²) in [4.78, 5) is 14.5. The molecule has 18 heavy (non-hydrogen) atoms. The molecule has 94 valence electrons. The number of rotatable bonds is 3. The van der Waals surface area contributed by atoms with Crippen molar-refractivity contribution in [2.45, 2.75) is 24.8 Å². The molecule has 1 aromatic rings. The van der Waals surface area contributed by atoms with Crippen LogP contribution in [-0.2, 0) is 16.8 Å². The summed E-state index contributed by atoms with van der Waals surface area (Å²) < 4.78 is 11.9. The molecule has 2 aliphatic rings. The lowest BCUT2D eigenvalue weighted by atomic mass is 10.0. The molecule has 0 aromatic heterocycles. The van der Waals surface area contributed by atoms with E-state index >= 15 is 0 Å². The summed E-state index contributed by atoms with van der Waals surface area (Å²) in [5.74, 6) is 1.52. The van der Waals surface area contributed by atoms with E-state index in [0.29, 0.717) is 12.4 Å². The third-order valence-corrected chi connectivity index (χ3v) is 4.48. The summed E-state index contributed by atoms with van der Waals surface area (Å²) in [7, 11) is 1.62. The predicted octanol–water partition coefficient (Wildman–Crippen LogP) is 2.72. The van der Waals surface area contributed by atoms with Gasteiger partial charge in [0.15, 0.2) is 11.5 Å². The van der Waals surface area contributed by atoms with Gasteiger partial charge in [0.1, 0.15) is 0 Å². The average molecular weight is 310 g/mol. The first-order valence-corrected chi connectivity index (χ1v) is 6.63. The zero-order chi connectivity index (χ0) is 12.8. The highest BCUT2D eigenvalue weighted by molar-refractivity contribution is 9.10. The number of ether oxygens (including phenoxy) is 2. The van der Waals surface area contributed by atoms with E-state index < -0.39 is 5.54 Å². The monoisotopic (exact) mass is 309 g/mol. The Hall–Kier alpha value is -1.32. The Bertz CT molecular complexity index is 560. The number of nitrogens with zero attached hydrogens (tertiary/aromatic N) is 1. The summed E-state index contributed by atoms with van der Waals surface area (Å²) in [6.07, 6.45) is 4.29. The molecule has 0 spiro atoms. The summed E-state index contributed by atoms with van der Waals surface area (Å²) in [6.45, 7) is 0.664. The molecule has 0 saturated heterocycles. The Labute approximate surface area is 113 Å². The van der Waals surface area contributed by atoms with Crippen molar-refractivity contribution in [2.75, 3.05) is 13.7 Å². The Morgan fingerprint density at radius 3 is 2.94 bits per heavy atom. The molecule has 0 radical (unpaired) electrons. The number of isocyanates is 1. The molecule has 0 unspecified atom stereocenters. The summed E-state index contributed by atoms with van der Waals surface area (Å²) in [5, 5.41) is 0. The molecule has 5 heteroatoms. The first-order chi connectivity index (χ1) is 8.72. The van der Waals surface area contributed by atoms with E-state index in [1.807, 2.05) is 6.07 Å². The van der Waals surface area contributed by atoms with Crippen molar-refractivity contribution in [3.63, 3.8) is 0 Å². The van der Waals surface area contributed by atoms with Crippen molar-refractivity contribution in [1.82, 2.24) is 0 Å². The number of benzene rings is 1. The van der Waals surface area contributed by atoms with E-state index in [0.717, 1.165) is 40.6 Å². The highest BCUT2D eigenvalue weighted by Crippen LogP contribution is 2.55. The Kier molecular flexibility index (Phi) is 2.68. The molecule has 1 heterocycles. The van der Waals surface area contributed by atoms with Crippen LogP contribution in [0.2, 0.25) is 0 Å². The molecule has 1 aromatic carbocycles. The van der Waals surface area contributed by atoms with Crippen LogP contribution in [0.4, 0.5) is 0 Å². The van der Waals surface area contributed by atoms with Crippen LogP contribution in [0.1, 0.15) is 24.0 Å². The smallest absolute Gasteiger partial charge is 0.235 e. The van der Waals surface area contributed by atoms with Crippen molar-refractivity contribution in [1.29, 1.82) is 0 Å². The fraction of sp³-hybridized carbons (Fsp3) is 0.462. The van der Waals surface area contributed by atoms with Gasteiger partial charge >= 0.3 is 0 Å². The average Bonchev–Trinajstić information content (AvgIpc) is 2.97. The second-order valence-electron chi connectivity index (χ2n) is 4.58. The van der Waals surface area contributed by atoms with Gasteiger partial charge in [0.05, 0.1) is 19.3 Å². The largest absolute Gasteiger partial charge is 0.493 e. The maximum Gasteiger partial charge on any atom is 0.235 e. The van der Waals surface area contributed by atoms with Gasteiger partial charge < -0.3 is 9.47 Å². The standard InChI is InChI=1S/C13H12BrNO3/c1-17-10-6-9(13(3-4-13)15-7-16)11(14)8-2-5-18-12(8)10/h6H,2-5H2,1H3. The molecule has 1 aliphatic heterocycles. The quantitative estimate of drug-likeness (QED) is 0.637. The summed E-state index contributed by atoms with van der Waals surface area (Å²) in [5.41, 5.74) is 1.72. The SMILES string of the molecule is COc1cc(C2(N=C=O)CC2)c(Br)c2c1OCC2. The van der Waals surface area contributed by atoms with Crippen LogP contribution in [0, 0.1) is 0 Å². The maximum absolute atomic E-state index is 10.6. The number of methoxy groups -OCH3 is 1. The number of carbonyl (C=O) groups excluding carboxylic acids is 1. The van der Waals surface area contributed by atoms with E-state index in [4.69, 9.17) is 9.47 Å². The minimum Gasteiger partial charge on any atom is -0.493 e. The van der Waals surface area contributed by atoms with Crippen LogP contribution >= 0.6 is 15.9 Å². The van der Waals surface area contributed by atoms with Gasteiger partial charge in [0.25, 0.3) is 0 Å². The Morgan fingerprint density at radius 1 is 1.56 bits per heavy atom. The zero-order valence-electron chi connectivity index (χ0n) is 9.96. The van der Waals surface area contributed by atoms with Gasteiger partial charge in [-0.05, 0) is 40.4 Å². The first-order valence-electron chi connectivity index (χ1n) is 5.83. The molecule has 1 fully saturated rings. The van der Waals surface area contributed by atoms with Gasteiger partial charge in [-0.2, -0.15) is 4.99 Å². The molecule has 3 rings (SSSR count). The van der Waals surface area contributed by atoms with Crippen molar-refractivity contribution in [3.8, 4) is 11.5 Å². The van der Waals surface area contributed by atoms with E-state index in [1.54, 1.807) is 13.2 Å². The number of aliphatic imine (C=N–C) groups is 1. The zero-order valence-corrected chi connectivity index (χ0v) is 11.5. The van der Waals surface area contributed by atoms with Crippen LogP contribution in [0.5, 0.6) is 11.5 Å². The minimum atomic E-state index is -0.397. The highest BCUT2D eigenvalue weighted by Gasteiger charge is 2.47. The third-order valence-electron chi connectivity index (χ3n) is 3.58. The Balaban J connectivity index is 2.19. The van der Waals surface area contributed by atoms with E-state index in [2.05, 4.69) is 20.9 Å². The van der Waals surface area contributed by atoms with Gasteiger partial charge in [0.2, 0.25) is 6.08 Å². The summed E-state index contributed by atoms with van der Waals surface area (Å²) >= 11 is 3.62. The normalized spacial score (nSPS) is 18.6. The van der Waals surface area contributed by atoms with E-state index in [9.17, 15) is 4.79 Å². The topological polar surface area (TPSA) is 47.9 Å². The van der Waals surface area contributed by atoms with Crippen LogP contribution in [0.3, 0.4) is 0 Å². The third kappa shape index (κ3) is 1.58. The summed E-state index contributed by atoms with van der Waals surface area (Å²) in [6, 6.07) is 1.92. The van der Waals surface area contributed by atoms with E-state index in [-0.39, 0.29) is 0 Å². The fourth-order valence-electron chi connectivity index (χ4n) is 2.45. The lowest BCUT2D eigenvalue weighted by molar-refractivity contribution is 0.325. The van der Waals surface area contributed by atoms with E-state index in [1.165, 1.54) is 0 Å². The maximum atomic E-state index is 10.6. The number of hydrogen-bond donors (Lipinski definition) is 0. The highest BCUT2D eigenvalue weighted by atomic mass is 79.9. The second kappa shape index (κ2) is 4.11. The molecular formula is C13H12BrNO3. The first kappa shape index (κ1) is 11.8. The Morgan fingerprint density at radius 2 is 2.33 bits per heavy atom. The van der Waals surface area contributed by atoms with Crippen LogP contribution in [0.25, 0.3) is 0 Å². The molecule has 0 bridgehead atoms. The van der Waals surface area contributed by atoms with Gasteiger partial charge in [-0.1, -0.05) is 0 Å². The van der Waals surface area contributed by atoms with Gasteiger partial charge in [-0.3, -0.25) is 0 Å². The molecular weight excluding hydrogens is 298 g/mol. The van der Waals surface area contributed by atoms with Crippen molar-refractivity contribution in [2.24, 2.45) is 4.99 Å². The number of hydrogen-bond acceptors (Lipinski definition) is 4. The van der Waals surface area contributed by atoms with Gasteiger partial charge in [0, 0.05) is 16.5 Å². The lowest BCUT2D eigenvalue weighted by Crippen LogP contribution is -2.05. The number of fused-ring (bicyclic) bond motifs is 1. The number of halogens is 1. The van der Waals surface area contributed by atoms with Gasteiger partial charge in [-0.25, -0.2) is 4.79 Å². The predicted molar refractivity (Wildman–Crippen MR) is 68.9 cm³/mol. The molecule has 1 saturated carbocycles. The molecule has 0 N–H and O–H groups in total. The lowest BCUT2D eigenvalue weighted by Gasteiger charge is -2.16. The van der Waals surface area contributed by atoms with Crippen molar-refractivity contribution < 1.29 is 14.3 Å². The van der Waals surface area contributed by atoms with Crippen LogP contribution in [-0.4, -0.2) is 19.8 Å². The van der Waals surface area contributed by atoms with Crippen molar-refractivity contribution in [3.05, 3.63) is 21.7 Å². The van der Waals surface area contributed by atoms with Crippen LogP contribution < -0.4 is 9.47 Å². The second-order valence-corrected chi connectivity index (χ2v) is 5.37. The minimum absolute atomic E-state index is 0.397. The molecule has 0 amide bonds. The van der Waals surface area contributed by atoms with Crippen LogP contribution in [0.15, 0.2) is 15.5 Å².